The van der Waals surface area contributed by atoms with E-state index in [2.05, 4.69) is 16.9 Å². The summed E-state index contributed by atoms with van der Waals surface area (Å²) in [4.78, 5) is 4.20. The van der Waals surface area contributed by atoms with Crippen molar-refractivity contribution in [3.63, 3.8) is 0 Å². The first-order valence-corrected chi connectivity index (χ1v) is 5.40. The fourth-order valence-electron chi connectivity index (χ4n) is 1.55. The van der Waals surface area contributed by atoms with Gasteiger partial charge in [0.15, 0.2) is 0 Å². The van der Waals surface area contributed by atoms with E-state index in [0.717, 1.165) is 11.5 Å². The van der Waals surface area contributed by atoms with Crippen LogP contribution in [0.25, 0.3) is 0 Å². The van der Waals surface area contributed by atoms with Crippen LogP contribution in [-0.2, 0) is 13.1 Å². The van der Waals surface area contributed by atoms with Crippen molar-refractivity contribution in [3.05, 3.63) is 60.7 Å². The van der Waals surface area contributed by atoms with Crippen molar-refractivity contribution in [2.45, 2.75) is 13.1 Å². The maximum absolute atomic E-state index is 12.7. The number of nitrogens with zero attached hydrogens (tertiary/aromatic N) is 2. The van der Waals surface area contributed by atoms with Crippen molar-refractivity contribution >= 4 is 5.95 Å². The van der Waals surface area contributed by atoms with Gasteiger partial charge in [0.25, 0.3) is 0 Å². The average molecular weight is 231 g/mol. The molecule has 0 unspecified atom stereocenters. The van der Waals surface area contributed by atoms with Gasteiger partial charge in [-0.25, -0.2) is 9.37 Å². The maximum Gasteiger partial charge on any atom is 0.203 e. The fourth-order valence-corrected chi connectivity index (χ4v) is 1.55. The average Bonchev–Trinajstić information content (AvgIpc) is 2.77. The van der Waals surface area contributed by atoms with Crippen molar-refractivity contribution in [2.24, 2.45) is 0 Å². The van der Waals surface area contributed by atoms with E-state index in [1.54, 1.807) is 18.3 Å². The minimum absolute atomic E-state index is 0.220. The summed E-state index contributed by atoms with van der Waals surface area (Å²) in [7, 11) is 0. The van der Waals surface area contributed by atoms with Crippen LogP contribution in [0, 0.1) is 5.82 Å². The number of halogens is 1. The summed E-state index contributed by atoms with van der Waals surface area (Å²) in [6.45, 7) is 5.02. The van der Waals surface area contributed by atoms with Gasteiger partial charge in [-0.2, -0.15) is 0 Å². The van der Waals surface area contributed by atoms with E-state index in [-0.39, 0.29) is 5.82 Å². The molecule has 0 saturated carbocycles. The van der Waals surface area contributed by atoms with Crippen LogP contribution < -0.4 is 5.32 Å². The number of aromatic nitrogens is 2. The molecular formula is C13H14FN3. The predicted molar refractivity (Wildman–Crippen MR) is 66.2 cm³/mol. The Morgan fingerprint density at radius 3 is 2.82 bits per heavy atom. The molecule has 0 fully saturated rings. The number of nitrogens with one attached hydrogen (secondary N) is 1. The van der Waals surface area contributed by atoms with Gasteiger partial charge in [0.2, 0.25) is 5.95 Å². The molecule has 3 nitrogen and oxygen atoms in total. The van der Waals surface area contributed by atoms with Crippen LogP contribution in [0.1, 0.15) is 5.56 Å². The molecule has 0 atom stereocenters. The summed E-state index contributed by atoms with van der Waals surface area (Å²) in [5.41, 5.74) is 1.01. The first kappa shape index (κ1) is 11.4. The lowest BCUT2D eigenvalue weighted by molar-refractivity contribution is 0.627. The highest BCUT2D eigenvalue weighted by Gasteiger charge is 2.00. The fraction of sp³-hybridized carbons (Fsp3) is 0.154. The molecule has 2 aromatic rings. The summed E-state index contributed by atoms with van der Waals surface area (Å²) in [5, 5.41) is 3.20. The quantitative estimate of drug-likeness (QED) is 0.802. The first-order chi connectivity index (χ1) is 8.29. The lowest BCUT2D eigenvalue weighted by Crippen LogP contribution is -2.06. The number of anilines is 1. The molecule has 0 aliphatic carbocycles. The number of allylic oxidation sites excluding steroid dienone is 1. The number of benzene rings is 1. The van der Waals surface area contributed by atoms with Crippen LogP contribution in [0.2, 0.25) is 0 Å². The van der Waals surface area contributed by atoms with Gasteiger partial charge in [0.05, 0.1) is 0 Å². The van der Waals surface area contributed by atoms with Crippen molar-refractivity contribution < 1.29 is 4.39 Å². The van der Waals surface area contributed by atoms with Gasteiger partial charge in [-0.3, -0.25) is 0 Å². The molecule has 0 spiro atoms. The van der Waals surface area contributed by atoms with E-state index in [1.165, 1.54) is 12.1 Å². The van der Waals surface area contributed by atoms with E-state index < -0.39 is 0 Å². The van der Waals surface area contributed by atoms with Gasteiger partial charge in [-0.05, 0) is 17.7 Å². The third kappa shape index (κ3) is 2.93. The predicted octanol–water partition coefficient (Wildman–Crippen LogP) is 2.82. The first-order valence-electron chi connectivity index (χ1n) is 5.40. The molecule has 1 aromatic heterocycles. The molecule has 0 aliphatic heterocycles. The highest BCUT2D eigenvalue weighted by molar-refractivity contribution is 5.29. The van der Waals surface area contributed by atoms with Gasteiger partial charge >= 0.3 is 0 Å². The normalized spacial score (nSPS) is 10.2. The summed E-state index contributed by atoms with van der Waals surface area (Å²) in [6.07, 6.45) is 5.43. The Bertz CT molecular complexity index is 488. The van der Waals surface area contributed by atoms with Gasteiger partial charge in [-0.15, -0.1) is 6.58 Å². The van der Waals surface area contributed by atoms with Crippen molar-refractivity contribution in [1.29, 1.82) is 0 Å². The highest BCUT2D eigenvalue weighted by Crippen LogP contribution is 2.08. The molecule has 4 heteroatoms. The third-order valence-electron chi connectivity index (χ3n) is 2.41. The van der Waals surface area contributed by atoms with Gasteiger partial charge in [0, 0.05) is 25.5 Å². The zero-order valence-corrected chi connectivity index (χ0v) is 9.44. The summed E-state index contributed by atoms with van der Waals surface area (Å²) < 4.78 is 14.7. The van der Waals surface area contributed by atoms with Crippen molar-refractivity contribution in [1.82, 2.24) is 9.55 Å². The summed E-state index contributed by atoms with van der Waals surface area (Å²) >= 11 is 0. The Balaban J connectivity index is 1.99. The van der Waals surface area contributed by atoms with Crippen LogP contribution in [0.15, 0.2) is 49.3 Å². The monoisotopic (exact) mass is 231 g/mol. The third-order valence-corrected chi connectivity index (χ3v) is 2.41. The number of hydrogen-bond acceptors (Lipinski definition) is 2. The molecule has 1 heterocycles. The lowest BCUT2D eigenvalue weighted by Gasteiger charge is -2.07. The Morgan fingerprint density at radius 2 is 2.12 bits per heavy atom. The second-order valence-electron chi connectivity index (χ2n) is 3.67. The van der Waals surface area contributed by atoms with E-state index in [4.69, 9.17) is 0 Å². The standard InChI is InChI=1S/C13H14FN3/c1-2-8-17-9-7-15-13(17)16-10-11-3-5-12(14)6-4-11/h2-7,9H,1,8,10H2,(H,15,16). The molecule has 0 saturated heterocycles. The summed E-state index contributed by atoms with van der Waals surface area (Å²) in [5.74, 6) is 0.566. The highest BCUT2D eigenvalue weighted by atomic mass is 19.1. The molecule has 0 bridgehead atoms. The topological polar surface area (TPSA) is 29.9 Å². The molecule has 2 rings (SSSR count). The van der Waals surface area contributed by atoms with E-state index in [9.17, 15) is 4.39 Å². The molecule has 0 radical (unpaired) electrons. The van der Waals surface area contributed by atoms with E-state index in [1.807, 2.05) is 16.8 Å². The van der Waals surface area contributed by atoms with Crippen molar-refractivity contribution in [2.75, 3.05) is 5.32 Å². The Morgan fingerprint density at radius 1 is 1.35 bits per heavy atom. The largest absolute Gasteiger partial charge is 0.352 e. The second-order valence-corrected chi connectivity index (χ2v) is 3.67. The van der Waals surface area contributed by atoms with Crippen molar-refractivity contribution in [3.8, 4) is 0 Å². The van der Waals surface area contributed by atoms with Crippen LogP contribution in [0.3, 0.4) is 0 Å². The molecule has 0 amide bonds. The van der Waals surface area contributed by atoms with Crippen LogP contribution in [0.5, 0.6) is 0 Å². The minimum atomic E-state index is -0.220. The maximum atomic E-state index is 12.7. The number of rotatable bonds is 5. The Labute approximate surface area is 99.6 Å². The minimum Gasteiger partial charge on any atom is -0.352 e. The van der Waals surface area contributed by atoms with Gasteiger partial charge in [0.1, 0.15) is 5.82 Å². The van der Waals surface area contributed by atoms with Gasteiger partial charge in [-0.1, -0.05) is 18.2 Å². The number of imidazole rings is 1. The SMILES string of the molecule is C=CCn1ccnc1NCc1ccc(F)cc1. The van der Waals surface area contributed by atoms with Crippen LogP contribution >= 0.6 is 0 Å². The smallest absolute Gasteiger partial charge is 0.203 e. The second kappa shape index (κ2) is 5.30. The Hall–Kier alpha value is -2.10. The Kier molecular flexibility index (Phi) is 3.55. The van der Waals surface area contributed by atoms with Crippen LogP contribution in [-0.4, -0.2) is 9.55 Å². The van der Waals surface area contributed by atoms with E-state index >= 15 is 0 Å². The summed E-state index contributed by atoms with van der Waals surface area (Å²) in [6, 6.07) is 6.41. The van der Waals surface area contributed by atoms with Gasteiger partial charge < -0.3 is 9.88 Å². The molecule has 0 aliphatic rings. The zero-order chi connectivity index (χ0) is 12.1. The molecule has 1 N–H and O–H groups in total. The molecule has 1 aromatic carbocycles. The molecular weight excluding hydrogens is 217 g/mol. The van der Waals surface area contributed by atoms with E-state index in [0.29, 0.717) is 13.1 Å². The molecule has 17 heavy (non-hydrogen) atoms. The zero-order valence-electron chi connectivity index (χ0n) is 9.44. The lowest BCUT2D eigenvalue weighted by atomic mass is 10.2. The molecule has 88 valence electrons. The number of hydrogen-bond donors (Lipinski definition) is 1. The van der Waals surface area contributed by atoms with Crippen LogP contribution in [0.4, 0.5) is 10.3 Å².